The molecule has 2 fully saturated rings. The molecule has 0 bridgehead atoms. The molecule has 2 atom stereocenters. The summed E-state index contributed by atoms with van der Waals surface area (Å²) in [6, 6.07) is 8.65. The number of amides is 1. The zero-order valence-electron chi connectivity index (χ0n) is 10.1. The van der Waals surface area contributed by atoms with Crippen LogP contribution in [0.25, 0.3) is 0 Å². The molecule has 3 nitrogen and oxygen atoms in total. The maximum absolute atomic E-state index is 11.8. The molecule has 0 aromatic heterocycles. The van der Waals surface area contributed by atoms with Gasteiger partial charge in [-0.15, -0.1) is 0 Å². The fraction of sp³-hybridized carbons (Fsp3) is 0.500. The molecular formula is C14H17NO2. The number of benzene rings is 1. The predicted octanol–water partition coefficient (Wildman–Crippen LogP) is 1.71. The van der Waals surface area contributed by atoms with Gasteiger partial charge in [0.2, 0.25) is 0 Å². The van der Waals surface area contributed by atoms with Crippen LogP contribution in [0.2, 0.25) is 0 Å². The normalized spacial score (nSPS) is 27.2. The highest BCUT2D eigenvalue weighted by Gasteiger charge is 2.38. The largest absolute Gasteiger partial charge is 0.363 e. The van der Waals surface area contributed by atoms with Crippen molar-refractivity contribution in [3.8, 4) is 0 Å². The first-order valence-corrected chi connectivity index (χ1v) is 6.21. The molecule has 90 valence electrons. The molecule has 2 aliphatic heterocycles. The molecule has 2 saturated heterocycles. The minimum Gasteiger partial charge on any atom is -0.363 e. The van der Waals surface area contributed by atoms with E-state index in [2.05, 4.69) is 31.2 Å². The number of likely N-dealkylation sites (tertiary alicyclic amines) is 1. The molecule has 0 radical (unpaired) electrons. The van der Waals surface area contributed by atoms with E-state index >= 15 is 0 Å². The van der Waals surface area contributed by atoms with E-state index in [0.717, 1.165) is 19.5 Å². The minimum atomic E-state index is -0.133. The lowest BCUT2D eigenvalue weighted by atomic mass is 9.98. The number of epoxide rings is 1. The van der Waals surface area contributed by atoms with Crippen LogP contribution in [0.1, 0.15) is 23.5 Å². The summed E-state index contributed by atoms with van der Waals surface area (Å²) in [5.74, 6) is 0.679. The Balaban J connectivity index is 1.66. The molecule has 3 rings (SSSR count). The number of rotatable bonds is 2. The van der Waals surface area contributed by atoms with Gasteiger partial charge in [-0.3, -0.25) is 4.79 Å². The van der Waals surface area contributed by atoms with E-state index in [1.807, 2.05) is 4.90 Å². The molecule has 1 aromatic carbocycles. The van der Waals surface area contributed by atoms with Gasteiger partial charge < -0.3 is 9.64 Å². The maximum Gasteiger partial charge on any atom is 0.254 e. The van der Waals surface area contributed by atoms with Crippen LogP contribution in [0.3, 0.4) is 0 Å². The molecule has 2 aliphatic rings. The van der Waals surface area contributed by atoms with Crippen molar-refractivity contribution in [3.05, 3.63) is 35.4 Å². The van der Waals surface area contributed by atoms with Crippen molar-refractivity contribution in [2.24, 2.45) is 0 Å². The summed E-state index contributed by atoms with van der Waals surface area (Å²) in [5, 5.41) is 0. The third-order valence-corrected chi connectivity index (χ3v) is 3.66. The zero-order chi connectivity index (χ0) is 11.8. The van der Waals surface area contributed by atoms with Crippen LogP contribution < -0.4 is 0 Å². The fourth-order valence-corrected chi connectivity index (χ4v) is 2.47. The number of carbonyl (C=O) groups is 1. The van der Waals surface area contributed by atoms with E-state index in [0.29, 0.717) is 12.5 Å². The van der Waals surface area contributed by atoms with Crippen LogP contribution in [-0.2, 0) is 9.53 Å². The molecule has 3 heteroatoms. The Morgan fingerprint density at radius 3 is 2.71 bits per heavy atom. The lowest BCUT2D eigenvalue weighted by Crippen LogP contribution is -2.32. The van der Waals surface area contributed by atoms with Gasteiger partial charge in [-0.05, 0) is 18.9 Å². The molecule has 0 spiro atoms. The van der Waals surface area contributed by atoms with Crippen molar-refractivity contribution in [2.45, 2.75) is 25.4 Å². The fourth-order valence-electron chi connectivity index (χ4n) is 2.47. The topological polar surface area (TPSA) is 32.8 Å². The summed E-state index contributed by atoms with van der Waals surface area (Å²) in [6.45, 7) is 4.43. The third-order valence-electron chi connectivity index (χ3n) is 3.66. The Kier molecular flexibility index (Phi) is 2.63. The highest BCUT2D eigenvalue weighted by Crippen LogP contribution is 2.29. The number of hydrogen-bond acceptors (Lipinski definition) is 2. The van der Waals surface area contributed by atoms with Gasteiger partial charge in [-0.1, -0.05) is 29.8 Å². The number of carbonyl (C=O) groups excluding carboxylic acids is 1. The first kappa shape index (κ1) is 10.8. The van der Waals surface area contributed by atoms with Crippen molar-refractivity contribution < 1.29 is 9.53 Å². The lowest BCUT2D eigenvalue weighted by Gasteiger charge is -2.15. The highest BCUT2D eigenvalue weighted by molar-refractivity contribution is 5.83. The Bertz CT molecular complexity index is 422. The molecule has 0 saturated carbocycles. The Morgan fingerprint density at radius 2 is 2.06 bits per heavy atom. The van der Waals surface area contributed by atoms with Gasteiger partial charge in [-0.2, -0.15) is 0 Å². The van der Waals surface area contributed by atoms with E-state index in [9.17, 15) is 4.79 Å². The Morgan fingerprint density at radius 1 is 1.35 bits per heavy atom. The number of aryl methyl sites for hydroxylation is 1. The molecule has 0 N–H and O–H groups in total. The smallest absolute Gasteiger partial charge is 0.254 e. The molecule has 17 heavy (non-hydrogen) atoms. The van der Waals surface area contributed by atoms with Crippen LogP contribution in [-0.4, -0.2) is 36.6 Å². The summed E-state index contributed by atoms with van der Waals surface area (Å²) in [5.41, 5.74) is 2.63. The van der Waals surface area contributed by atoms with Crippen LogP contribution in [0.5, 0.6) is 0 Å². The Hall–Kier alpha value is -1.35. The summed E-state index contributed by atoms with van der Waals surface area (Å²) in [4.78, 5) is 13.8. The van der Waals surface area contributed by atoms with Gasteiger partial charge in [0.1, 0.15) is 0 Å². The number of nitrogens with zero attached hydrogens (tertiary/aromatic N) is 1. The quantitative estimate of drug-likeness (QED) is 0.726. The second-order valence-electron chi connectivity index (χ2n) is 5.00. The van der Waals surface area contributed by atoms with E-state index in [1.54, 1.807) is 0 Å². The average Bonchev–Trinajstić information content (AvgIpc) is 3.07. The summed E-state index contributed by atoms with van der Waals surface area (Å²) in [7, 11) is 0. The summed E-state index contributed by atoms with van der Waals surface area (Å²) < 4.78 is 5.05. The first-order valence-electron chi connectivity index (χ1n) is 6.21. The second kappa shape index (κ2) is 4.15. The zero-order valence-corrected chi connectivity index (χ0v) is 10.1. The molecule has 2 heterocycles. The third kappa shape index (κ3) is 2.20. The first-order chi connectivity index (χ1) is 8.24. The van der Waals surface area contributed by atoms with Crippen molar-refractivity contribution in [1.82, 2.24) is 4.90 Å². The molecule has 1 amide bonds. The van der Waals surface area contributed by atoms with E-state index in [1.165, 1.54) is 11.1 Å². The van der Waals surface area contributed by atoms with E-state index < -0.39 is 0 Å². The van der Waals surface area contributed by atoms with Gasteiger partial charge in [0, 0.05) is 19.0 Å². The summed E-state index contributed by atoms with van der Waals surface area (Å²) >= 11 is 0. The van der Waals surface area contributed by atoms with Crippen LogP contribution in [0, 0.1) is 6.92 Å². The average molecular weight is 231 g/mol. The van der Waals surface area contributed by atoms with Crippen LogP contribution in [0.15, 0.2) is 24.3 Å². The summed E-state index contributed by atoms with van der Waals surface area (Å²) in [6.07, 6.45) is 0.938. The van der Waals surface area contributed by atoms with Crippen LogP contribution in [0.4, 0.5) is 0 Å². The van der Waals surface area contributed by atoms with Crippen LogP contribution >= 0.6 is 0 Å². The van der Waals surface area contributed by atoms with E-state index in [4.69, 9.17) is 4.74 Å². The number of ether oxygens (including phenoxy) is 1. The molecule has 2 unspecified atom stereocenters. The lowest BCUT2D eigenvalue weighted by molar-refractivity contribution is -0.131. The van der Waals surface area contributed by atoms with Crippen molar-refractivity contribution in [3.63, 3.8) is 0 Å². The monoisotopic (exact) mass is 231 g/mol. The SMILES string of the molecule is Cc1ccc(C2CCN(C(=O)C3CO3)C2)cc1. The van der Waals surface area contributed by atoms with Crippen molar-refractivity contribution >= 4 is 5.91 Å². The predicted molar refractivity (Wildman–Crippen MR) is 64.9 cm³/mol. The van der Waals surface area contributed by atoms with Gasteiger partial charge >= 0.3 is 0 Å². The van der Waals surface area contributed by atoms with Gasteiger partial charge in [0.15, 0.2) is 6.10 Å². The van der Waals surface area contributed by atoms with Crippen molar-refractivity contribution in [2.75, 3.05) is 19.7 Å². The van der Waals surface area contributed by atoms with Crippen molar-refractivity contribution in [1.29, 1.82) is 0 Å². The maximum atomic E-state index is 11.8. The van der Waals surface area contributed by atoms with Gasteiger partial charge in [0.25, 0.3) is 5.91 Å². The molecule has 0 aliphatic carbocycles. The second-order valence-corrected chi connectivity index (χ2v) is 5.00. The highest BCUT2D eigenvalue weighted by atomic mass is 16.6. The van der Waals surface area contributed by atoms with Gasteiger partial charge in [0.05, 0.1) is 6.61 Å². The minimum absolute atomic E-state index is 0.133. The molecular weight excluding hydrogens is 214 g/mol. The molecule has 1 aromatic rings. The number of hydrogen-bond donors (Lipinski definition) is 0. The van der Waals surface area contributed by atoms with Gasteiger partial charge in [-0.25, -0.2) is 0 Å². The van der Waals surface area contributed by atoms with E-state index in [-0.39, 0.29) is 12.0 Å². The Labute approximate surface area is 101 Å². The standard InChI is InChI=1S/C14H17NO2/c1-10-2-4-11(5-3-10)12-6-7-15(8-12)14(16)13-9-17-13/h2-5,12-13H,6-9H2,1H3.